The first-order valence-corrected chi connectivity index (χ1v) is 10.4. The van der Waals surface area contributed by atoms with E-state index >= 15 is 0 Å². The van der Waals surface area contributed by atoms with Crippen molar-refractivity contribution in [1.29, 1.82) is 5.26 Å². The van der Waals surface area contributed by atoms with Crippen molar-refractivity contribution in [2.24, 2.45) is 11.8 Å². The smallest absolute Gasteiger partial charge is 0.119 e. The summed E-state index contributed by atoms with van der Waals surface area (Å²) in [5.74, 6) is 2.81. The second-order valence-electron chi connectivity index (χ2n) is 7.72. The van der Waals surface area contributed by atoms with Crippen molar-refractivity contribution in [3.8, 4) is 11.8 Å². The third-order valence-electron chi connectivity index (χ3n) is 5.69. The molecule has 0 radical (unpaired) electrons. The van der Waals surface area contributed by atoms with E-state index in [1.807, 2.05) is 24.3 Å². The van der Waals surface area contributed by atoms with Gasteiger partial charge >= 0.3 is 0 Å². The number of ether oxygens (including phenoxy) is 1. The van der Waals surface area contributed by atoms with Gasteiger partial charge in [0, 0.05) is 0 Å². The Hall–Kier alpha value is -1.49. The van der Waals surface area contributed by atoms with Crippen molar-refractivity contribution in [2.45, 2.75) is 84.0 Å². The zero-order valence-corrected chi connectivity index (χ0v) is 16.0. The van der Waals surface area contributed by atoms with Crippen LogP contribution in [-0.2, 0) is 0 Å². The van der Waals surface area contributed by atoms with Crippen molar-refractivity contribution >= 4 is 0 Å². The van der Waals surface area contributed by atoms with E-state index in [0.29, 0.717) is 5.56 Å². The van der Waals surface area contributed by atoms with Crippen molar-refractivity contribution < 1.29 is 4.74 Å². The van der Waals surface area contributed by atoms with E-state index < -0.39 is 0 Å². The van der Waals surface area contributed by atoms with Crippen LogP contribution in [0.4, 0.5) is 0 Å². The third kappa shape index (κ3) is 7.95. The minimum Gasteiger partial charge on any atom is -0.494 e. The number of nitrogens with zero attached hydrogens (tertiary/aromatic N) is 1. The van der Waals surface area contributed by atoms with Crippen LogP contribution < -0.4 is 4.74 Å². The zero-order chi connectivity index (χ0) is 17.7. The number of rotatable bonds is 11. The van der Waals surface area contributed by atoms with Gasteiger partial charge in [0.1, 0.15) is 5.75 Å². The van der Waals surface area contributed by atoms with Gasteiger partial charge in [-0.1, -0.05) is 71.1 Å². The molecule has 0 spiro atoms. The van der Waals surface area contributed by atoms with Crippen LogP contribution in [0.3, 0.4) is 0 Å². The molecular formula is C23H35NO. The maximum Gasteiger partial charge on any atom is 0.119 e. The van der Waals surface area contributed by atoms with Crippen molar-refractivity contribution in [2.75, 3.05) is 6.61 Å². The van der Waals surface area contributed by atoms with Crippen LogP contribution >= 0.6 is 0 Å². The van der Waals surface area contributed by atoms with E-state index in [0.717, 1.165) is 30.6 Å². The standard InChI is InChI=1S/C23H35NO/c1-2-3-4-5-6-8-20-10-12-21(13-11-20)9-7-18-25-23-16-14-22(19-24)15-17-23/h14-17,20-21H,2-13,18H2,1H3/t20-,21-. The quantitative estimate of drug-likeness (QED) is 0.411. The van der Waals surface area contributed by atoms with Crippen molar-refractivity contribution in [1.82, 2.24) is 0 Å². The molecule has 0 saturated heterocycles. The van der Waals surface area contributed by atoms with Crippen molar-refractivity contribution in [3.05, 3.63) is 29.8 Å². The minimum atomic E-state index is 0.689. The number of unbranched alkanes of at least 4 members (excludes halogenated alkanes) is 4. The van der Waals surface area contributed by atoms with E-state index in [1.54, 1.807) is 0 Å². The summed E-state index contributed by atoms with van der Waals surface area (Å²) in [5, 5.41) is 8.80. The molecule has 0 amide bonds. The predicted octanol–water partition coefficient (Wildman–Crippen LogP) is 6.88. The Morgan fingerprint density at radius 3 is 2.08 bits per heavy atom. The molecule has 0 unspecified atom stereocenters. The Balaban J connectivity index is 1.50. The average molecular weight is 342 g/mol. The normalized spacial score (nSPS) is 20.2. The van der Waals surface area contributed by atoms with E-state index in [9.17, 15) is 0 Å². The van der Waals surface area contributed by atoms with Gasteiger partial charge in [0.25, 0.3) is 0 Å². The predicted molar refractivity (Wildman–Crippen MR) is 105 cm³/mol. The molecule has 0 aromatic heterocycles. The summed E-state index contributed by atoms with van der Waals surface area (Å²) in [6.07, 6.45) is 16.8. The molecule has 2 nitrogen and oxygen atoms in total. The molecule has 0 bridgehead atoms. The lowest BCUT2D eigenvalue weighted by Gasteiger charge is -2.28. The molecule has 1 fully saturated rings. The molecular weight excluding hydrogens is 306 g/mol. The molecule has 1 aliphatic rings. The van der Waals surface area contributed by atoms with Crippen LogP contribution in [0, 0.1) is 23.2 Å². The summed E-state index contributed by atoms with van der Waals surface area (Å²) in [5.41, 5.74) is 0.689. The molecule has 0 heterocycles. The topological polar surface area (TPSA) is 33.0 Å². The maximum absolute atomic E-state index is 8.80. The van der Waals surface area contributed by atoms with Gasteiger partial charge in [-0.3, -0.25) is 0 Å². The van der Waals surface area contributed by atoms with Gasteiger partial charge in [-0.25, -0.2) is 0 Å². The van der Waals surface area contributed by atoms with Gasteiger partial charge in [-0.15, -0.1) is 0 Å². The Kier molecular flexibility index (Phi) is 9.49. The van der Waals surface area contributed by atoms with Gasteiger partial charge < -0.3 is 4.74 Å². The first-order chi connectivity index (χ1) is 12.3. The minimum absolute atomic E-state index is 0.689. The lowest BCUT2D eigenvalue weighted by molar-refractivity contribution is 0.228. The van der Waals surface area contributed by atoms with E-state index in [1.165, 1.54) is 70.6 Å². The fourth-order valence-electron chi connectivity index (χ4n) is 4.03. The van der Waals surface area contributed by atoms with Gasteiger partial charge in [-0.05, 0) is 48.9 Å². The highest BCUT2D eigenvalue weighted by Crippen LogP contribution is 2.34. The molecule has 0 N–H and O–H groups in total. The van der Waals surface area contributed by atoms with Crippen LogP contribution in [0.5, 0.6) is 5.75 Å². The molecule has 2 heteroatoms. The van der Waals surface area contributed by atoms with Gasteiger partial charge in [0.2, 0.25) is 0 Å². The molecule has 2 rings (SSSR count). The largest absolute Gasteiger partial charge is 0.494 e. The van der Waals surface area contributed by atoms with Crippen LogP contribution in [0.15, 0.2) is 24.3 Å². The van der Waals surface area contributed by atoms with Crippen LogP contribution in [-0.4, -0.2) is 6.61 Å². The van der Waals surface area contributed by atoms with E-state index in [-0.39, 0.29) is 0 Å². The number of hydrogen-bond acceptors (Lipinski definition) is 2. The lowest BCUT2D eigenvalue weighted by Crippen LogP contribution is -2.15. The molecule has 0 atom stereocenters. The highest BCUT2D eigenvalue weighted by Gasteiger charge is 2.20. The fraction of sp³-hybridized carbons (Fsp3) is 0.696. The summed E-state index contributed by atoms with van der Waals surface area (Å²) in [7, 11) is 0. The number of benzene rings is 1. The number of nitriles is 1. The molecule has 0 aliphatic heterocycles. The summed E-state index contributed by atoms with van der Waals surface area (Å²) in [6.45, 7) is 3.08. The summed E-state index contributed by atoms with van der Waals surface area (Å²) in [4.78, 5) is 0. The van der Waals surface area contributed by atoms with Gasteiger partial charge in [0.15, 0.2) is 0 Å². The second-order valence-corrected chi connectivity index (χ2v) is 7.72. The number of hydrogen-bond donors (Lipinski definition) is 0. The molecule has 1 aliphatic carbocycles. The van der Waals surface area contributed by atoms with Gasteiger partial charge in [-0.2, -0.15) is 5.26 Å². The molecule has 1 aromatic carbocycles. The average Bonchev–Trinajstić information content (AvgIpc) is 2.66. The van der Waals surface area contributed by atoms with Crippen molar-refractivity contribution in [3.63, 3.8) is 0 Å². The van der Waals surface area contributed by atoms with Crippen LogP contribution in [0.1, 0.15) is 89.5 Å². The third-order valence-corrected chi connectivity index (χ3v) is 5.69. The summed E-state index contributed by atoms with van der Waals surface area (Å²) < 4.78 is 5.79. The van der Waals surface area contributed by atoms with Crippen LogP contribution in [0.25, 0.3) is 0 Å². The summed E-state index contributed by atoms with van der Waals surface area (Å²) in [6, 6.07) is 9.56. The van der Waals surface area contributed by atoms with E-state index in [2.05, 4.69) is 13.0 Å². The second kappa shape index (κ2) is 12.0. The SMILES string of the molecule is CCCCCCC[C@H]1CC[C@H](CCCOc2ccc(C#N)cc2)CC1. The maximum atomic E-state index is 8.80. The Morgan fingerprint density at radius 2 is 1.48 bits per heavy atom. The highest BCUT2D eigenvalue weighted by molar-refractivity contribution is 5.34. The summed E-state index contributed by atoms with van der Waals surface area (Å²) >= 11 is 0. The Bertz CT molecular complexity index is 494. The first-order valence-electron chi connectivity index (χ1n) is 10.4. The molecule has 138 valence electrons. The Labute approximate surface area is 154 Å². The molecule has 1 saturated carbocycles. The van der Waals surface area contributed by atoms with E-state index in [4.69, 9.17) is 10.00 Å². The molecule has 25 heavy (non-hydrogen) atoms. The van der Waals surface area contributed by atoms with Gasteiger partial charge in [0.05, 0.1) is 18.2 Å². The Morgan fingerprint density at radius 1 is 0.880 bits per heavy atom. The zero-order valence-electron chi connectivity index (χ0n) is 16.0. The van der Waals surface area contributed by atoms with Crippen LogP contribution in [0.2, 0.25) is 0 Å². The monoisotopic (exact) mass is 341 g/mol. The fourth-order valence-corrected chi connectivity index (χ4v) is 4.03. The first kappa shape index (κ1) is 19.8. The lowest BCUT2D eigenvalue weighted by atomic mass is 9.78. The highest BCUT2D eigenvalue weighted by atomic mass is 16.5. The molecule has 1 aromatic rings.